The van der Waals surface area contributed by atoms with E-state index in [1.165, 1.54) is 12.3 Å². The molecule has 0 spiro atoms. The van der Waals surface area contributed by atoms with Crippen LogP contribution in [0.15, 0.2) is 24.4 Å². The van der Waals surface area contributed by atoms with Gasteiger partial charge in [-0.2, -0.15) is 12.6 Å². The Bertz CT molecular complexity index is 300. The fourth-order valence-electron chi connectivity index (χ4n) is 0.794. The van der Waals surface area contributed by atoms with Gasteiger partial charge < -0.3 is 10.2 Å². The second kappa shape index (κ2) is 6.13. The van der Waals surface area contributed by atoms with Gasteiger partial charge >= 0.3 is 12.1 Å². The minimum Gasteiger partial charge on any atom is -0.480 e. The van der Waals surface area contributed by atoms with Gasteiger partial charge in [0.15, 0.2) is 0 Å². The molecule has 6 heteroatoms. The Morgan fingerprint density at radius 2 is 2.07 bits per heavy atom. The molecule has 0 saturated carbocycles. The summed E-state index contributed by atoms with van der Waals surface area (Å²) in [4.78, 5) is 22.2. The zero-order valence-corrected chi connectivity index (χ0v) is 9.15. The van der Waals surface area contributed by atoms with E-state index >= 15 is 0 Å². The highest BCUT2D eigenvalue weighted by Crippen LogP contribution is 2.05. The molecule has 0 aromatic rings. The number of hydrogen-bond donors (Lipinski definition) is 3. The molecule has 0 aliphatic carbocycles. The Hall–Kier alpha value is -1.43. The molecule has 0 unspecified atom stereocenters. The maximum atomic E-state index is 10.8. The van der Waals surface area contributed by atoms with Crippen molar-refractivity contribution in [2.24, 2.45) is 0 Å². The fourth-order valence-corrected chi connectivity index (χ4v) is 1.13. The van der Waals surface area contributed by atoms with Crippen LogP contribution in [-0.4, -0.2) is 39.0 Å². The van der Waals surface area contributed by atoms with Gasteiger partial charge in [-0.3, -0.25) is 4.90 Å². The van der Waals surface area contributed by atoms with Crippen LogP contribution in [0.3, 0.4) is 0 Å². The normalized spacial score (nSPS) is 12.4. The molecule has 0 heterocycles. The van der Waals surface area contributed by atoms with Gasteiger partial charge in [0.05, 0.1) is 0 Å². The molecule has 15 heavy (non-hydrogen) atoms. The standard InChI is InChI=1S/C9H13NO4S/c1-6(2)3-4-10(9(13)14)7(5-15)8(11)12/h3-4,7,15H,1,5H2,2H3,(H,11,12)(H,13,14)/t7-/m0/s1. The third-order valence-electron chi connectivity index (χ3n) is 1.53. The van der Waals surface area contributed by atoms with Gasteiger partial charge in [0, 0.05) is 12.0 Å². The summed E-state index contributed by atoms with van der Waals surface area (Å²) in [5.74, 6) is -1.33. The first-order chi connectivity index (χ1) is 6.90. The van der Waals surface area contributed by atoms with Crippen molar-refractivity contribution in [2.45, 2.75) is 13.0 Å². The van der Waals surface area contributed by atoms with Gasteiger partial charge in [-0.15, -0.1) is 0 Å². The Balaban J connectivity index is 4.86. The molecule has 84 valence electrons. The lowest BCUT2D eigenvalue weighted by atomic mass is 10.3. The molecule has 5 nitrogen and oxygen atoms in total. The van der Waals surface area contributed by atoms with Crippen LogP contribution in [0.2, 0.25) is 0 Å². The molecule has 0 aliphatic heterocycles. The molecule has 1 atom stereocenters. The van der Waals surface area contributed by atoms with Gasteiger partial charge in [0.1, 0.15) is 6.04 Å². The number of thiol groups is 1. The first-order valence-electron chi connectivity index (χ1n) is 4.08. The highest BCUT2D eigenvalue weighted by Gasteiger charge is 2.26. The summed E-state index contributed by atoms with van der Waals surface area (Å²) in [6, 6.07) is -1.19. The molecule has 0 rings (SSSR count). The summed E-state index contributed by atoms with van der Waals surface area (Å²) in [5.41, 5.74) is 0.629. The molecule has 1 amide bonds. The van der Waals surface area contributed by atoms with Gasteiger partial charge in [-0.25, -0.2) is 9.59 Å². The third-order valence-corrected chi connectivity index (χ3v) is 1.88. The van der Waals surface area contributed by atoms with E-state index in [1.807, 2.05) is 0 Å². The number of hydrogen-bond acceptors (Lipinski definition) is 3. The number of aliphatic carboxylic acids is 1. The molecule has 2 N–H and O–H groups in total. The van der Waals surface area contributed by atoms with Crippen molar-refractivity contribution in [3.63, 3.8) is 0 Å². The number of carbonyl (C=O) groups is 2. The lowest BCUT2D eigenvalue weighted by Crippen LogP contribution is -2.42. The zero-order valence-electron chi connectivity index (χ0n) is 8.25. The Labute approximate surface area is 93.1 Å². The minimum atomic E-state index is -1.34. The molecule has 0 aromatic heterocycles. The number of nitrogens with zero attached hydrogens (tertiary/aromatic N) is 1. The van der Waals surface area contributed by atoms with Crippen LogP contribution in [0.5, 0.6) is 0 Å². The number of carboxylic acid groups (broad SMARTS) is 2. The summed E-state index contributed by atoms with van der Waals surface area (Å²) in [6.07, 6.45) is 1.25. The van der Waals surface area contributed by atoms with Crippen LogP contribution < -0.4 is 0 Å². The van der Waals surface area contributed by atoms with Gasteiger partial charge in [-0.05, 0) is 13.0 Å². The lowest BCUT2D eigenvalue weighted by molar-refractivity contribution is -0.140. The summed E-state index contributed by atoms with van der Waals surface area (Å²) in [5, 5.41) is 17.5. The maximum Gasteiger partial charge on any atom is 0.412 e. The van der Waals surface area contributed by atoms with Gasteiger partial charge in [-0.1, -0.05) is 12.2 Å². The van der Waals surface area contributed by atoms with E-state index in [-0.39, 0.29) is 5.75 Å². The lowest BCUT2D eigenvalue weighted by Gasteiger charge is -2.20. The van der Waals surface area contributed by atoms with E-state index in [9.17, 15) is 9.59 Å². The number of allylic oxidation sites excluding steroid dienone is 2. The van der Waals surface area contributed by atoms with Crippen LogP contribution in [-0.2, 0) is 4.79 Å². The van der Waals surface area contributed by atoms with Crippen molar-refractivity contribution >= 4 is 24.7 Å². The summed E-state index contributed by atoms with van der Waals surface area (Å²) in [6.45, 7) is 5.22. The second-order valence-electron chi connectivity index (χ2n) is 2.89. The van der Waals surface area contributed by atoms with Crippen molar-refractivity contribution < 1.29 is 19.8 Å². The van der Waals surface area contributed by atoms with Crippen LogP contribution in [0, 0.1) is 0 Å². The molecule has 0 aliphatic rings. The first kappa shape index (κ1) is 13.6. The summed E-state index contributed by atoms with van der Waals surface area (Å²) >= 11 is 3.79. The van der Waals surface area contributed by atoms with Crippen molar-refractivity contribution in [1.82, 2.24) is 4.90 Å². The Morgan fingerprint density at radius 1 is 1.53 bits per heavy atom. The van der Waals surface area contributed by atoms with Gasteiger partial charge in [0.25, 0.3) is 0 Å². The zero-order chi connectivity index (χ0) is 12.0. The van der Waals surface area contributed by atoms with Crippen molar-refractivity contribution in [3.8, 4) is 0 Å². The van der Waals surface area contributed by atoms with E-state index in [2.05, 4.69) is 19.2 Å². The molecular formula is C9H13NO4S. The van der Waals surface area contributed by atoms with Crippen molar-refractivity contribution in [1.29, 1.82) is 0 Å². The highest BCUT2D eigenvalue weighted by molar-refractivity contribution is 7.80. The highest BCUT2D eigenvalue weighted by atomic mass is 32.1. The molecule has 0 radical (unpaired) electrons. The number of rotatable bonds is 5. The average molecular weight is 231 g/mol. The van der Waals surface area contributed by atoms with E-state index in [1.54, 1.807) is 6.92 Å². The van der Waals surface area contributed by atoms with Crippen molar-refractivity contribution in [3.05, 3.63) is 24.4 Å². The van der Waals surface area contributed by atoms with Crippen LogP contribution in [0.4, 0.5) is 4.79 Å². The maximum absolute atomic E-state index is 10.8. The fraction of sp³-hybridized carbons (Fsp3) is 0.333. The van der Waals surface area contributed by atoms with Crippen LogP contribution in [0.25, 0.3) is 0 Å². The first-order valence-corrected chi connectivity index (χ1v) is 4.72. The second-order valence-corrected chi connectivity index (χ2v) is 3.25. The minimum absolute atomic E-state index is 0.0951. The average Bonchev–Trinajstić information content (AvgIpc) is 2.10. The summed E-state index contributed by atoms with van der Waals surface area (Å²) < 4.78 is 0. The third kappa shape index (κ3) is 4.55. The van der Waals surface area contributed by atoms with Crippen molar-refractivity contribution in [2.75, 3.05) is 5.75 Å². The van der Waals surface area contributed by atoms with Gasteiger partial charge in [0.2, 0.25) is 0 Å². The molecule has 0 bridgehead atoms. The Morgan fingerprint density at radius 3 is 2.33 bits per heavy atom. The van der Waals surface area contributed by atoms with E-state index < -0.39 is 18.1 Å². The monoisotopic (exact) mass is 231 g/mol. The Kier molecular flexibility index (Phi) is 5.54. The quantitative estimate of drug-likeness (QED) is 0.494. The topological polar surface area (TPSA) is 77.8 Å². The SMILES string of the molecule is C=C(C)C=CN(C(=O)O)[C@@H](CS)C(=O)O. The predicted molar refractivity (Wildman–Crippen MR) is 59.1 cm³/mol. The number of carboxylic acids is 1. The molecule has 0 saturated heterocycles. The van der Waals surface area contributed by atoms with E-state index in [0.29, 0.717) is 10.5 Å². The van der Waals surface area contributed by atoms with Crippen LogP contribution >= 0.6 is 12.6 Å². The summed E-state index contributed by atoms with van der Waals surface area (Å²) in [7, 11) is 0. The van der Waals surface area contributed by atoms with Crippen LogP contribution in [0.1, 0.15) is 6.92 Å². The largest absolute Gasteiger partial charge is 0.480 e. The molecular weight excluding hydrogens is 218 g/mol. The van der Waals surface area contributed by atoms with E-state index in [4.69, 9.17) is 10.2 Å². The number of amides is 1. The smallest absolute Gasteiger partial charge is 0.412 e. The van der Waals surface area contributed by atoms with E-state index in [0.717, 1.165) is 0 Å². The molecule has 0 aromatic carbocycles. The molecule has 0 fully saturated rings. The predicted octanol–water partition coefficient (Wildman–Crippen LogP) is 1.44.